The predicted octanol–water partition coefficient (Wildman–Crippen LogP) is 6.95. The average Bonchev–Trinajstić information content (AvgIpc) is 2.79. The zero-order valence-corrected chi connectivity index (χ0v) is 18.5. The SMILES string of the molecule is CCCCC[C@@H](F)C(=O)O[C@H]1CC[C@H](COc2ccc(C3CC[CH]CC3)cc2)CC1. The molecule has 1 atom stereocenters. The van der Waals surface area contributed by atoms with Crippen molar-refractivity contribution in [3.8, 4) is 5.75 Å². The molecule has 0 N–H and O–H groups in total. The Morgan fingerprint density at radius 2 is 1.73 bits per heavy atom. The molecule has 2 saturated carbocycles. The zero-order valence-electron chi connectivity index (χ0n) is 18.5. The van der Waals surface area contributed by atoms with Gasteiger partial charge in [-0.05, 0) is 100 Å². The maximum absolute atomic E-state index is 13.9. The van der Waals surface area contributed by atoms with Crippen molar-refractivity contribution in [2.24, 2.45) is 5.92 Å². The summed E-state index contributed by atoms with van der Waals surface area (Å²) in [6.07, 6.45) is 12.3. The minimum Gasteiger partial charge on any atom is -0.493 e. The van der Waals surface area contributed by atoms with E-state index in [0.29, 0.717) is 18.4 Å². The molecule has 0 spiro atoms. The second-order valence-corrected chi connectivity index (χ2v) is 9.06. The van der Waals surface area contributed by atoms with E-state index in [1.807, 2.05) is 0 Å². The summed E-state index contributed by atoms with van der Waals surface area (Å²) < 4.78 is 25.3. The van der Waals surface area contributed by atoms with Gasteiger partial charge in [-0.25, -0.2) is 9.18 Å². The Morgan fingerprint density at radius 1 is 1.03 bits per heavy atom. The molecule has 0 heterocycles. The van der Waals surface area contributed by atoms with Crippen molar-refractivity contribution in [2.45, 2.75) is 102 Å². The molecule has 2 aliphatic carbocycles. The molecule has 0 unspecified atom stereocenters. The molecular formula is C26H38FO3. The first-order chi connectivity index (χ1) is 14.7. The molecule has 30 heavy (non-hydrogen) atoms. The standard InChI is InChI=1S/C26H38FO3/c1-2-3-5-10-25(27)26(28)30-24-15-11-20(12-16-24)19-29-23-17-13-22(14-18-23)21-8-6-4-7-9-21/h4,13-14,17-18,20-21,24-25H,2-3,5-12,15-16,19H2,1H3/t20-,24-,25-/m1/s1. The van der Waals surface area contributed by atoms with Crippen LogP contribution in [0.15, 0.2) is 24.3 Å². The van der Waals surface area contributed by atoms with Gasteiger partial charge in [-0.15, -0.1) is 0 Å². The third-order valence-corrected chi connectivity index (χ3v) is 6.67. The molecule has 2 aliphatic rings. The lowest BCUT2D eigenvalue weighted by Gasteiger charge is -2.28. The fourth-order valence-corrected chi connectivity index (χ4v) is 4.66. The molecule has 4 heteroatoms. The fraction of sp³-hybridized carbons (Fsp3) is 0.692. The van der Waals surface area contributed by atoms with Crippen LogP contribution in [0, 0.1) is 12.3 Å². The molecular weight excluding hydrogens is 379 g/mol. The number of carbonyl (C=O) groups is 1. The Bertz CT molecular complexity index is 616. The normalized spacial score (nSPS) is 23.7. The minimum absolute atomic E-state index is 0.134. The van der Waals surface area contributed by atoms with Crippen LogP contribution in [0.5, 0.6) is 5.75 Å². The van der Waals surface area contributed by atoms with Gasteiger partial charge in [-0.3, -0.25) is 0 Å². The number of unbranched alkanes of at least 4 members (excludes halogenated alkanes) is 2. The molecule has 0 bridgehead atoms. The first-order valence-electron chi connectivity index (χ1n) is 12.0. The maximum atomic E-state index is 13.9. The topological polar surface area (TPSA) is 35.5 Å². The number of esters is 1. The lowest BCUT2D eigenvalue weighted by atomic mass is 9.84. The van der Waals surface area contributed by atoms with Gasteiger partial charge in [0.25, 0.3) is 0 Å². The molecule has 0 aromatic heterocycles. The van der Waals surface area contributed by atoms with Crippen molar-refractivity contribution in [3.05, 3.63) is 36.2 Å². The molecule has 3 nitrogen and oxygen atoms in total. The minimum atomic E-state index is -1.47. The largest absolute Gasteiger partial charge is 0.493 e. The summed E-state index contributed by atoms with van der Waals surface area (Å²) in [7, 11) is 0. The maximum Gasteiger partial charge on any atom is 0.340 e. The zero-order chi connectivity index (χ0) is 21.2. The molecule has 0 amide bonds. The van der Waals surface area contributed by atoms with E-state index >= 15 is 0 Å². The van der Waals surface area contributed by atoms with Crippen LogP contribution in [0.3, 0.4) is 0 Å². The Balaban J connectivity index is 1.33. The summed E-state index contributed by atoms with van der Waals surface area (Å²) in [5.41, 5.74) is 1.43. The number of carbonyl (C=O) groups excluding carboxylic acids is 1. The number of ether oxygens (including phenoxy) is 2. The van der Waals surface area contributed by atoms with E-state index < -0.39 is 12.1 Å². The molecule has 0 saturated heterocycles. The van der Waals surface area contributed by atoms with Crippen molar-refractivity contribution in [1.29, 1.82) is 0 Å². The summed E-state index contributed by atoms with van der Waals surface area (Å²) in [5.74, 6) is 1.43. The van der Waals surface area contributed by atoms with Gasteiger partial charge in [0.1, 0.15) is 11.9 Å². The Kier molecular flexibility index (Phi) is 9.48. The van der Waals surface area contributed by atoms with E-state index in [-0.39, 0.29) is 12.5 Å². The Morgan fingerprint density at radius 3 is 2.40 bits per heavy atom. The Hall–Kier alpha value is -1.58. The third kappa shape index (κ3) is 7.28. The first kappa shape index (κ1) is 23.1. The van der Waals surface area contributed by atoms with E-state index in [4.69, 9.17) is 9.47 Å². The number of alkyl halides is 1. The summed E-state index contributed by atoms with van der Waals surface area (Å²) in [6, 6.07) is 8.63. The second kappa shape index (κ2) is 12.3. The summed E-state index contributed by atoms with van der Waals surface area (Å²) in [6.45, 7) is 2.76. The lowest BCUT2D eigenvalue weighted by Crippen LogP contribution is -2.30. The van der Waals surface area contributed by atoms with Gasteiger partial charge in [-0.1, -0.05) is 31.9 Å². The number of benzene rings is 1. The molecule has 167 valence electrons. The number of hydrogen-bond donors (Lipinski definition) is 0. The molecule has 3 rings (SSSR count). The highest BCUT2D eigenvalue weighted by Crippen LogP contribution is 2.33. The first-order valence-corrected chi connectivity index (χ1v) is 12.0. The second-order valence-electron chi connectivity index (χ2n) is 9.06. The third-order valence-electron chi connectivity index (χ3n) is 6.67. The van der Waals surface area contributed by atoms with Crippen LogP contribution in [-0.4, -0.2) is 24.9 Å². The highest BCUT2D eigenvalue weighted by atomic mass is 19.1. The quantitative estimate of drug-likeness (QED) is 0.305. The van der Waals surface area contributed by atoms with Crippen molar-refractivity contribution >= 4 is 5.97 Å². The van der Waals surface area contributed by atoms with Gasteiger partial charge in [0, 0.05) is 0 Å². The van der Waals surface area contributed by atoms with Gasteiger partial charge in [0.2, 0.25) is 0 Å². The van der Waals surface area contributed by atoms with Gasteiger partial charge < -0.3 is 9.47 Å². The van der Waals surface area contributed by atoms with Crippen LogP contribution in [0.2, 0.25) is 0 Å². The van der Waals surface area contributed by atoms with Gasteiger partial charge in [0.15, 0.2) is 6.17 Å². The highest BCUT2D eigenvalue weighted by Gasteiger charge is 2.27. The predicted molar refractivity (Wildman–Crippen MR) is 118 cm³/mol. The molecule has 1 aromatic rings. The number of hydrogen-bond acceptors (Lipinski definition) is 3. The smallest absolute Gasteiger partial charge is 0.340 e. The van der Waals surface area contributed by atoms with Crippen molar-refractivity contribution in [2.75, 3.05) is 6.61 Å². The Labute approximate surface area is 181 Å². The molecule has 1 aromatic carbocycles. The van der Waals surface area contributed by atoms with E-state index in [1.165, 1.54) is 31.2 Å². The average molecular weight is 418 g/mol. The highest BCUT2D eigenvalue weighted by molar-refractivity contribution is 5.74. The number of halogens is 1. The van der Waals surface area contributed by atoms with E-state index in [2.05, 4.69) is 37.6 Å². The van der Waals surface area contributed by atoms with Crippen LogP contribution in [0.4, 0.5) is 4.39 Å². The van der Waals surface area contributed by atoms with Crippen molar-refractivity contribution in [3.63, 3.8) is 0 Å². The molecule has 0 aliphatic heterocycles. The van der Waals surface area contributed by atoms with E-state index in [1.54, 1.807) is 0 Å². The van der Waals surface area contributed by atoms with E-state index in [9.17, 15) is 9.18 Å². The van der Waals surface area contributed by atoms with Gasteiger partial charge in [0.05, 0.1) is 6.61 Å². The van der Waals surface area contributed by atoms with Crippen molar-refractivity contribution in [1.82, 2.24) is 0 Å². The summed E-state index contributed by atoms with van der Waals surface area (Å²) >= 11 is 0. The fourth-order valence-electron chi connectivity index (χ4n) is 4.66. The van der Waals surface area contributed by atoms with Crippen LogP contribution >= 0.6 is 0 Å². The summed E-state index contributed by atoms with van der Waals surface area (Å²) in [5, 5.41) is 0. The van der Waals surface area contributed by atoms with Gasteiger partial charge in [-0.2, -0.15) is 0 Å². The van der Waals surface area contributed by atoms with Crippen LogP contribution in [-0.2, 0) is 9.53 Å². The monoisotopic (exact) mass is 417 g/mol. The van der Waals surface area contributed by atoms with Crippen LogP contribution < -0.4 is 4.74 Å². The van der Waals surface area contributed by atoms with Crippen LogP contribution in [0.25, 0.3) is 0 Å². The van der Waals surface area contributed by atoms with Crippen molar-refractivity contribution < 1.29 is 18.7 Å². The van der Waals surface area contributed by atoms with Gasteiger partial charge >= 0.3 is 5.97 Å². The van der Waals surface area contributed by atoms with Crippen LogP contribution in [0.1, 0.15) is 95.5 Å². The number of rotatable bonds is 10. The molecule has 1 radical (unpaired) electrons. The molecule has 2 fully saturated rings. The summed E-state index contributed by atoms with van der Waals surface area (Å²) in [4.78, 5) is 11.9. The lowest BCUT2D eigenvalue weighted by molar-refractivity contribution is -0.157. The van der Waals surface area contributed by atoms with E-state index in [0.717, 1.165) is 50.7 Å².